The molecule has 0 bridgehead atoms. The van der Waals surface area contributed by atoms with Crippen LogP contribution in [0.25, 0.3) is 0 Å². The monoisotopic (exact) mass is 385 g/mol. The van der Waals surface area contributed by atoms with Crippen molar-refractivity contribution < 1.29 is 9.59 Å². The zero-order chi connectivity index (χ0) is 18.4. The summed E-state index contributed by atoms with van der Waals surface area (Å²) in [7, 11) is 0. The predicted octanol–water partition coefficient (Wildman–Crippen LogP) is 3.01. The minimum atomic E-state index is -0.107. The number of carbonyl (C=O) groups is 2. The number of likely N-dealkylation sites (N-methyl/N-ethyl adjacent to an activating group) is 1. The van der Waals surface area contributed by atoms with Crippen LogP contribution in [0.5, 0.6) is 0 Å². The number of nitrogens with zero attached hydrogens (tertiary/aromatic N) is 3. The number of rotatable bonds is 5. The first-order chi connectivity index (χ1) is 12.0. The maximum Gasteiger partial charge on any atom is 0.255 e. The zero-order valence-corrected chi connectivity index (χ0v) is 16.3. The van der Waals surface area contributed by atoms with E-state index in [0.717, 1.165) is 26.1 Å². The summed E-state index contributed by atoms with van der Waals surface area (Å²) in [6.45, 7) is 8.53. The molecule has 1 fully saturated rings. The number of halogens is 2. The molecule has 2 amide bonds. The van der Waals surface area contributed by atoms with Gasteiger partial charge in [-0.1, -0.05) is 29.3 Å². The summed E-state index contributed by atoms with van der Waals surface area (Å²) in [5.74, 6) is 0.0343. The Morgan fingerprint density at radius 2 is 1.80 bits per heavy atom. The summed E-state index contributed by atoms with van der Waals surface area (Å²) in [4.78, 5) is 30.8. The van der Waals surface area contributed by atoms with Gasteiger partial charge in [0.05, 0.1) is 22.2 Å². The molecule has 0 radical (unpaired) electrons. The molecular weight excluding hydrogens is 361 g/mol. The van der Waals surface area contributed by atoms with Gasteiger partial charge >= 0.3 is 0 Å². The molecule has 0 aliphatic carbocycles. The lowest BCUT2D eigenvalue weighted by Gasteiger charge is -2.25. The average molecular weight is 386 g/mol. The van der Waals surface area contributed by atoms with Crippen LogP contribution in [-0.2, 0) is 4.79 Å². The highest BCUT2D eigenvalue weighted by molar-refractivity contribution is 6.43. The van der Waals surface area contributed by atoms with Gasteiger partial charge in [0.15, 0.2) is 0 Å². The second-order valence-corrected chi connectivity index (χ2v) is 6.87. The van der Waals surface area contributed by atoms with E-state index in [1.165, 1.54) is 0 Å². The first-order valence-corrected chi connectivity index (χ1v) is 9.46. The van der Waals surface area contributed by atoms with Crippen molar-refractivity contribution in [1.29, 1.82) is 0 Å². The Bertz CT molecular complexity index is 620. The average Bonchev–Trinajstić information content (AvgIpc) is 2.83. The Kier molecular flexibility index (Phi) is 7.54. The normalized spacial score (nSPS) is 15.8. The second-order valence-electron chi connectivity index (χ2n) is 6.09. The Hall–Kier alpha value is -1.30. The van der Waals surface area contributed by atoms with Gasteiger partial charge in [-0.15, -0.1) is 0 Å². The minimum Gasteiger partial charge on any atom is -0.342 e. The molecule has 1 heterocycles. The third-order valence-corrected chi connectivity index (χ3v) is 5.35. The molecule has 0 aromatic heterocycles. The lowest BCUT2D eigenvalue weighted by atomic mass is 10.2. The van der Waals surface area contributed by atoms with Gasteiger partial charge in [0.25, 0.3) is 5.91 Å². The Morgan fingerprint density at radius 1 is 1.08 bits per heavy atom. The van der Waals surface area contributed by atoms with E-state index in [9.17, 15) is 9.59 Å². The van der Waals surface area contributed by atoms with Crippen molar-refractivity contribution >= 4 is 35.0 Å². The summed E-state index contributed by atoms with van der Waals surface area (Å²) in [6.07, 6.45) is 0.829. The molecule has 0 N–H and O–H groups in total. The minimum absolute atomic E-state index is 0.107. The molecule has 1 saturated heterocycles. The van der Waals surface area contributed by atoms with Gasteiger partial charge in [-0.05, 0) is 32.4 Å². The summed E-state index contributed by atoms with van der Waals surface area (Å²) < 4.78 is 0. The van der Waals surface area contributed by atoms with Crippen molar-refractivity contribution in [1.82, 2.24) is 14.7 Å². The SMILES string of the molecule is CCN(CC)C(=O)CN1CCCN(C(=O)c2cccc(Cl)c2Cl)CC1. The molecular formula is C18H25Cl2N3O2. The van der Waals surface area contributed by atoms with Gasteiger partial charge in [0, 0.05) is 39.3 Å². The molecule has 5 nitrogen and oxygen atoms in total. The lowest BCUT2D eigenvalue weighted by Crippen LogP contribution is -2.42. The first kappa shape index (κ1) is 20.0. The first-order valence-electron chi connectivity index (χ1n) is 8.71. The summed E-state index contributed by atoms with van der Waals surface area (Å²) in [5, 5.41) is 0.681. The fourth-order valence-corrected chi connectivity index (χ4v) is 3.42. The van der Waals surface area contributed by atoms with Gasteiger partial charge in [0.2, 0.25) is 5.91 Å². The molecule has 1 aromatic rings. The Balaban J connectivity index is 1.98. The van der Waals surface area contributed by atoms with Crippen LogP contribution in [0.1, 0.15) is 30.6 Å². The maximum absolute atomic E-state index is 12.7. The molecule has 138 valence electrons. The van der Waals surface area contributed by atoms with E-state index in [-0.39, 0.29) is 11.8 Å². The summed E-state index contributed by atoms with van der Waals surface area (Å²) >= 11 is 12.2. The fourth-order valence-electron chi connectivity index (χ4n) is 3.04. The van der Waals surface area contributed by atoms with E-state index in [1.54, 1.807) is 23.1 Å². The van der Waals surface area contributed by atoms with Crippen LogP contribution >= 0.6 is 23.2 Å². The van der Waals surface area contributed by atoms with Gasteiger partial charge in [-0.2, -0.15) is 0 Å². The highest BCUT2D eigenvalue weighted by Crippen LogP contribution is 2.26. The Labute approximate surface area is 159 Å². The van der Waals surface area contributed by atoms with E-state index in [1.807, 2.05) is 18.7 Å². The topological polar surface area (TPSA) is 43.9 Å². The third-order valence-electron chi connectivity index (χ3n) is 4.53. The van der Waals surface area contributed by atoms with Crippen LogP contribution in [0.2, 0.25) is 10.0 Å². The molecule has 0 spiro atoms. The van der Waals surface area contributed by atoms with Crippen LogP contribution in [-0.4, -0.2) is 72.3 Å². The zero-order valence-electron chi connectivity index (χ0n) is 14.8. The maximum atomic E-state index is 12.7. The molecule has 1 aromatic carbocycles. The molecule has 25 heavy (non-hydrogen) atoms. The highest BCUT2D eigenvalue weighted by atomic mass is 35.5. The van der Waals surface area contributed by atoms with Crippen molar-refractivity contribution in [3.05, 3.63) is 33.8 Å². The Morgan fingerprint density at radius 3 is 2.48 bits per heavy atom. The smallest absolute Gasteiger partial charge is 0.255 e. The van der Waals surface area contributed by atoms with E-state index < -0.39 is 0 Å². The lowest BCUT2D eigenvalue weighted by molar-refractivity contribution is -0.132. The standard InChI is InChI=1S/C18H25Cl2N3O2/c1-3-22(4-2)16(24)13-21-9-6-10-23(12-11-21)18(25)14-7-5-8-15(19)17(14)20/h5,7-8H,3-4,6,9-13H2,1-2H3. The van der Waals surface area contributed by atoms with Crippen LogP contribution in [0, 0.1) is 0 Å². The molecule has 0 unspecified atom stereocenters. The molecule has 1 aliphatic heterocycles. The van der Waals surface area contributed by atoms with E-state index in [2.05, 4.69) is 4.90 Å². The fraction of sp³-hybridized carbons (Fsp3) is 0.556. The molecule has 2 rings (SSSR count). The van der Waals surface area contributed by atoms with Crippen molar-refractivity contribution in [2.75, 3.05) is 45.8 Å². The highest BCUT2D eigenvalue weighted by Gasteiger charge is 2.24. The molecule has 1 aliphatic rings. The quantitative estimate of drug-likeness (QED) is 0.782. The predicted molar refractivity (Wildman–Crippen MR) is 101 cm³/mol. The van der Waals surface area contributed by atoms with Gasteiger partial charge in [0.1, 0.15) is 0 Å². The van der Waals surface area contributed by atoms with Crippen molar-refractivity contribution in [2.24, 2.45) is 0 Å². The van der Waals surface area contributed by atoms with Gasteiger partial charge in [-0.3, -0.25) is 14.5 Å². The van der Waals surface area contributed by atoms with E-state index in [0.29, 0.717) is 41.8 Å². The van der Waals surface area contributed by atoms with Crippen LogP contribution < -0.4 is 0 Å². The number of hydrogen-bond acceptors (Lipinski definition) is 3. The van der Waals surface area contributed by atoms with Gasteiger partial charge < -0.3 is 9.80 Å². The van der Waals surface area contributed by atoms with Crippen molar-refractivity contribution in [2.45, 2.75) is 20.3 Å². The summed E-state index contributed by atoms with van der Waals surface area (Å²) in [6, 6.07) is 5.10. The summed E-state index contributed by atoms with van der Waals surface area (Å²) in [5.41, 5.74) is 0.432. The number of benzene rings is 1. The largest absolute Gasteiger partial charge is 0.342 e. The number of hydrogen-bond donors (Lipinski definition) is 0. The van der Waals surface area contributed by atoms with Crippen LogP contribution in [0.4, 0.5) is 0 Å². The molecule has 7 heteroatoms. The van der Waals surface area contributed by atoms with Crippen molar-refractivity contribution in [3.8, 4) is 0 Å². The second kappa shape index (κ2) is 9.41. The van der Waals surface area contributed by atoms with Crippen LogP contribution in [0.15, 0.2) is 18.2 Å². The third kappa shape index (κ3) is 5.09. The van der Waals surface area contributed by atoms with Gasteiger partial charge in [-0.25, -0.2) is 0 Å². The molecule has 0 atom stereocenters. The van der Waals surface area contributed by atoms with E-state index >= 15 is 0 Å². The number of amides is 2. The molecule has 0 saturated carbocycles. The number of carbonyl (C=O) groups excluding carboxylic acids is 2. The van der Waals surface area contributed by atoms with Crippen molar-refractivity contribution in [3.63, 3.8) is 0 Å². The van der Waals surface area contributed by atoms with E-state index in [4.69, 9.17) is 23.2 Å². The van der Waals surface area contributed by atoms with Crippen LogP contribution in [0.3, 0.4) is 0 Å².